The van der Waals surface area contributed by atoms with Crippen molar-refractivity contribution in [2.24, 2.45) is 5.73 Å². The zero-order chi connectivity index (χ0) is 15.1. The Hall–Kier alpha value is -2.74. The molecule has 0 atom stereocenters. The molecular formula is C14H15N7O. The van der Waals surface area contributed by atoms with E-state index >= 15 is 0 Å². The van der Waals surface area contributed by atoms with Gasteiger partial charge >= 0.3 is 0 Å². The molecule has 1 aliphatic heterocycles. The Balaban J connectivity index is 1.42. The fourth-order valence-electron chi connectivity index (χ4n) is 2.70. The number of primary amides is 1. The monoisotopic (exact) mass is 297 g/mol. The maximum Gasteiger partial charge on any atom is 0.251 e. The van der Waals surface area contributed by atoms with Gasteiger partial charge in [0.05, 0.1) is 24.3 Å². The standard InChI is InChI=1S/C14H15N7O/c15-14(22)10-5-16-21(6-10)11-7-19(8-11)9-13-18-17-12-3-1-2-4-20(12)13/h1-6,11H,7-9H2,(H2,15,22). The molecule has 0 bridgehead atoms. The second-order valence-corrected chi connectivity index (χ2v) is 5.47. The predicted molar refractivity (Wildman–Crippen MR) is 78.0 cm³/mol. The number of carbonyl (C=O) groups excluding carboxylic acids is 1. The van der Waals surface area contributed by atoms with Gasteiger partial charge in [-0.05, 0) is 12.1 Å². The first kappa shape index (κ1) is 13.0. The van der Waals surface area contributed by atoms with Crippen LogP contribution in [0.4, 0.5) is 0 Å². The lowest BCUT2D eigenvalue weighted by Crippen LogP contribution is -2.47. The Bertz CT molecular complexity index is 830. The molecule has 3 aromatic rings. The van der Waals surface area contributed by atoms with E-state index < -0.39 is 5.91 Å². The van der Waals surface area contributed by atoms with E-state index in [4.69, 9.17) is 5.73 Å². The van der Waals surface area contributed by atoms with Crippen LogP contribution < -0.4 is 5.73 Å². The Labute approximate surface area is 126 Å². The number of amides is 1. The third-order valence-corrected chi connectivity index (χ3v) is 3.95. The minimum atomic E-state index is -0.447. The largest absolute Gasteiger partial charge is 0.366 e. The Kier molecular flexibility index (Phi) is 2.90. The van der Waals surface area contributed by atoms with Crippen LogP contribution in [0.1, 0.15) is 22.2 Å². The zero-order valence-corrected chi connectivity index (χ0v) is 11.8. The number of rotatable bonds is 4. The summed E-state index contributed by atoms with van der Waals surface area (Å²) in [5.41, 5.74) is 6.54. The Morgan fingerprint density at radius 3 is 2.95 bits per heavy atom. The van der Waals surface area contributed by atoms with Crippen LogP contribution in [0.3, 0.4) is 0 Å². The normalized spacial score (nSPS) is 16.0. The van der Waals surface area contributed by atoms with Gasteiger partial charge in [-0.15, -0.1) is 10.2 Å². The second-order valence-electron chi connectivity index (χ2n) is 5.47. The smallest absolute Gasteiger partial charge is 0.251 e. The SMILES string of the molecule is NC(=O)c1cnn(C2CN(Cc3nnc4ccccn34)C2)c1. The molecule has 0 saturated carbocycles. The minimum Gasteiger partial charge on any atom is -0.366 e. The van der Waals surface area contributed by atoms with E-state index in [1.165, 1.54) is 6.20 Å². The van der Waals surface area contributed by atoms with Gasteiger partial charge in [0.2, 0.25) is 0 Å². The summed E-state index contributed by atoms with van der Waals surface area (Å²) in [6, 6.07) is 6.12. The summed E-state index contributed by atoms with van der Waals surface area (Å²) >= 11 is 0. The lowest BCUT2D eigenvalue weighted by atomic mass is 10.1. The molecule has 1 saturated heterocycles. The summed E-state index contributed by atoms with van der Waals surface area (Å²) in [6.45, 7) is 2.47. The van der Waals surface area contributed by atoms with Gasteiger partial charge in [0.25, 0.3) is 5.91 Å². The summed E-state index contributed by atoms with van der Waals surface area (Å²) in [7, 11) is 0. The minimum absolute atomic E-state index is 0.271. The molecule has 2 N–H and O–H groups in total. The molecular weight excluding hydrogens is 282 g/mol. The van der Waals surface area contributed by atoms with Crippen LogP contribution >= 0.6 is 0 Å². The first-order valence-electron chi connectivity index (χ1n) is 7.05. The van der Waals surface area contributed by atoms with Crippen LogP contribution in [0.5, 0.6) is 0 Å². The van der Waals surface area contributed by atoms with E-state index in [-0.39, 0.29) is 6.04 Å². The number of aromatic nitrogens is 5. The second kappa shape index (κ2) is 4.92. The van der Waals surface area contributed by atoms with Crippen molar-refractivity contribution < 1.29 is 4.79 Å². The summed E-state index contributed by atoms with van der Waals surface area (Å²) in [6.07, 6.45) is 5.18. The van der Waals surface area contributed by atoms with E-state index in [2.05, 4.69) is 20.2 Å². The van der Waals surface area contributed by atoms with Gasteiger partial charge in [-0.3, -0.25) is 18.8 Å². The fourth-order valence-corrected chi connectivity index (χ4v) is 2.70. The van der Waals surface area contributed by atoms with Crippen molar-refractivity contribution in [2.45, 2.75) is 12.6 Å². The highest BCUT2D eigenvalue weighted by atomic mass is 16.1. The quantitative estimate of drug-likeness (QED) is 0.736. The number of likely N-dealkylation sites (tertiary alicyclic amines) is 1. The predicted octanol–water partition coefficient (Wildman–Crippen LogP) is 0.0816. The van der Waals surface area contributed by atoms with E-state index in [1.54, 1.807) is 10.9 Å². The van der Waals surface area contributed by atoms with Crippen molar-refractivity contribution in [1.82, 2.24) is 29.3 Å². The highest BCUT2D eigenvalue weighted by molar-refractivity contribution is 5.92. The summed E-state index contributed by atoms with van der Waals surface area (Å²) in [5, 5.41) is 12.6. The molecule has 8 nitrogen and oxygen atoms in total. The number of nitrogens with zero attached hydrogens (tertiary/aromatic N) is 6. The molecule has 0 spiro atoms. The van der Waals surface area contributed by atoms with E-state index in [1.807, 2.05) is 28.8 Å². The van der Waals surface area contributed by atoms with Gasteiger partial charge in [0.1, 0.15) is 0 Å². The van der Waals surface area contributed by atoms with Crippen LogP contribution in [0.15, 0.2) is 36.8 Å². The molecule has 4 heterocycles. The van der Waals surface area contributed by atoms with Crippen LogP contribution in [-0.2, 0) is 6.54 Å². The third kappa shape index (κ3) is 2.13. The van der Waals surface area contributed by atoms with Crippen molar-refractivity contribution in [3.05, 3.63) is 48.2 Å². The van der Waals surface area contributed by atoms with Crippen molar-refractivity contribution in [3.63, 3.8) is 0 Å². The highest BCUT2D eigenvalue weighted by Gasteiger charge is 2.30. The van der Waals surface area contributed by atoms with E-state index in [0.29, 0.717) is 5.56 Å². The molecule has 3 aromatic heterocycles. The van der Waals surface area contributed by atoms with Crippen LogP contribution in [-0.4, -0.2) is 48.3 Å². The third-order valence-electron chi connectivity index (χ3n) is 3.95. The van der Waals surface area contributed by atoms with Crippen LogP contribution in [0.2, 0.25) is 0 Å². The van der Waals surface area contributed by atoms with Crippen LogP contribution in [0, 0.1) is 0 Å². The summed E-state index contributed by atoms with van der Waals surface area (Å²) < 4.78 is 3.80. The van der Waals surface area contributed by atoms with E-state index in [0.717, 1.165) is 31.1 Å². The first-order valence-corrected chi connectivity index (χ1v) is 7.05. The van der Waals surface area contributed by atoms with Crippen LogP contribution in [0.25, 0.3) is 5.65 Å². The number of pyridine rings is 1. The molecule has 0 aromatic carbocycles. The number of fused-ring (bicyclic) bond motifs is 1. The molecule has 4 rings (SSSR count). The van der Waals surface area contributed by atoms with Crippen molar-refractivity contribution in [2.75, 3.05) is 13.1 Å². The molecule has 22 heavy (non-hydrogen) atoms. The Morgan fingerprint density at radius 2 is 2.18 bits per heavy atom. The molecule has 1 aliphatic rings. The van der Waals surface area contributed by atoms with Gasteiger partial charge in [0, 0.05) is 25.5 Å². The summed E-state index contributed by atoms with van der Waals surface area (Å²) in [5.74, 6) is 0.477. The number of carbonyl (C=O) groups is 1. The summed E-state index contributed by atoms with van der Waals surface area (Å²) in [4.78, 5) is 13.3. The zero-order valence-electron chi connectivity index (χ0n) is 11.8. The molecule has 112 valence electrons. The highest BCUT2D eigenvalue weighted by Crippen LogP contribution is 2.22. The topological polar surface area (TPSA) is 94.3 Å². The van der Waals surface area contributed by atoms with Crippen molar-refractivity contribution >= 4 is 11.6 Å². The molecule has 1 fully saturated rings. The first-order chi connectivity index (χ1) is 10.7. The van der Waals surface area contributed by atoms with Gasteiger partial charge in [-0.1, -0.05) is 6.07 Å². The Morgan fingerprint density at radius 1 is 1.32 bits per heavy atom. The molecule has 8 heteroatoms. The van der Waals surface area contributed by atoms with Crippen molar-refractivity contribution in [3.8, 4) is 0 Å². The molecule has 0 radical (unpaired) electrons. The lowest BCUT2D eigenvalue weighted by molar-refractivity contribution is 0.0875. The van der Waals surface area contributed by atoms with Gasteiger partial charge < -0.3 is 5.73 Å². The lowest BCUT2D eigenvalue weighted by Gasteiger charge is -2.38. The van der Waals surface area contributed by atoms with E-state index in [9.17, 15) is 4.79 Å². The molecule has 0 unspecified atom stereocenters. The average molecular weight is 297 g/mol. The number of hydrogen-bond donors (Lipinski definition) is 1. The average Bonchev–Trinajstić information content (AvgIpc) is 3.10. The maximum atomic E-state index is 11.1. The number of nitrogens with two attached hydrogens (primary N) is 1. The van der Waals surface area contributed by atoms with Crippen molar-refractivity contribution in [1.29, 1.82) is 0 Å². The molecule has 0 aliphatic carbocycles. The van der Waals surface area contributed by atoms with Gasteiger partial charge in [-0.25, -0.2) is 0 Å². The fraction of sp³-hybridized carbons (Fsp3) is 0.286. The number of hydrogen-bond acceptors (Lipinski definition) is 5. The van der Waals surface area contributed by atoms with Gasteiger partial charge in [0.15, 0.2) is 11.5 Å². The molecule has 1 amide bonds. The van der Waals surface area contributed by atoms with Gasteiger partial charge in [-0.2, -0.15) is 5.10 Å². The maximum absolute atomic E-state index is 11.1.